The summed E-state index contributed by atoms with van der Waals surface area (Å²) >= 11 is 3.23. The molecule has 2 N–H and O–H groups in total. The molecule has 0 radical (unpaired) electrons. The number of halogens is 2. The predicted molar refractivity (Wildman–Crippen MR) is 71.2 cm³/mol. The van der Waals surface area contributed by atoms with Gasteiger partial charge in [0.1, 0.15) is 11.5 Å². The van der Waals surface area contributed by atoms with Crippen LogP contribution in [-0.2, 0) is 13.0 Å². The summed E-state index contributed by atoms with van der Waals surface area (Å²) in [4.78, 5) is 12.0. The van der Waals surface area contributed by atoms with Crippen molar-refractivity contribution in [1.29, 1.82) is 0 Å². The first-order valence-corrected chi connectivity index (χ1v) is 6.47. The van der Waals surface area contributed by atoms with Crippen molar-refractivity contribution in [2.45, 2.75) is 13.0 Å². The first-order valence-electron chi connectivity index (χ1n) is 5.67. The van der Waals surface area contributed by atoms with E-state index in [1.807, 2.05) is 0 Å². The molecule has 0 aliphatic rings. The minimum Gasteiger partial charge on any atom is -0.329 e. The van der Waals surface area contributed by atoms with Crippen LogP contribution in [0.3, 0.4) is 0 Å². The summed E-state index contributed by atoms with van der Waals surface area (Å²) in [5.41, 5.74) is 6.38. The molecule has 0 amide bonds. The Morgan fingerprint density at radius 3 is 2.95 bits per heavy atom. The first-order chi connectivity index (χ1) is 9.10. The Kier molecular flexibility index (Phi) is 4.39. The zero-order valence-corrected chi connectivity index (χ0v) is 11.6. The summed E-state index contributed by atoms with van der Waals surface area (Å²) in [5, 5.41) is 7.60. The Morgan fingerprint density at radius 1 is 1.47 bits per heavy atom. The number of rotatable bonds is 5. The summed E-state index contributed by atoms with van der Waals surface area (Å²) in [6, 6.07) is 4.22. The number of nitrogens with zero attached hydrogens (tertiary/aromatic N) is 3. The third kappa shape index (κ3) is 3.45. The smallest absolute Gasteiger partial charge is 0.189 e. The van der Waals surface area contributed by atoms with E-state index in [-0.39, 0.29) is 23.7 Å². The van der Waals surface area contributed by atoms with Crippen LogP contribution in [0.4, 0.5) is 4.39 Å². The van der Waals surface area contributed by atoms with Gasteiger partial charge in [-0.05, 0) is 17.7 Å². The van der Waals surface area contributed by atoms with Gasteiger partial charge in [0, 0.05) is 17.4 Å². The molecule has 0 bridgehead atoms. The lowest BCUT2D eigenvalue weighted by Crippen LogP contribution is -2.10. The molecule has 0 unspecified atom stereocenters. The maximum Gasteiger partial charge on any atom is 0.189 e. The van der Waals surface area contributed by atoms with E-state index in [0.717, 1.165) is 0 Å². The van der Waals surface area contributed by atoms with Crippen molar-refractivity contribution in [2.75, 3.05) is 6.54 Å². The molecule has 0 aliphatic heterocycles. The van der Waals surface area contributed by atoms with Crippen LogP contribution in [-0.4, -0.2) is 27.3 Å². The topological polar surface area (TPSA) is 73.8 Å². The summed E-state index contributed by atoms with van der Waals surface area (Å²) in [6.45, 7) is 0.945. The molecule has 2 aromatic rings. The highest BCUT2D eigenvalue weighted by Crippen LogP contribution is 2.19. The molecule has 1 heterocycles. The van der Waals surface area contributed by atoms with Gasteiger partial charge >= 0.3 is 0 Å². The lowest BCUT2D eigenvalue weighted by molar-refractivity contribution is 0.0988. The van der Waals surface area contributed by atoms with E-state index in [4.69, 9.17) is 5.73 Å². The van der Waals surface area contributed by atoms with E-state index in [9.17, 15) is 9.18 Å². The van der Waals surface area contributed by atoms with Gasteiger partial charge < -0.3 is 5.73 Å². The van der Waals surface area contributed by atoms with E-state index in [0.29, 0.717) is 23.1 Å². The van der Waals surface area contributed by atoms with Crippen LogP contribution in [0.15, 0.2) is 28.9 Å². The SMILES string of the molecule is NCCn1cc(C(=O)Cc2ccc(F)cc2Br)nn1. The number of nitrogens with two attached hydrogens (primary N) is 1. The zero-order chi connectivity index (χ0) is 13.8. The van der Waals surface area contributed by atoms with Gasteiger partial charge in [-0.2, -0.15) is 0 Å². The van der Waals surface area contributed by atoms with E-state index < -0.39 is 0 Å². The van der Waals surface area contributed by atoms with E-state index in [1.165, 1.54) is 16.8 Å². The maximum atomic E-state index is 12.9. The second kappa shape index (κ2) is 6.03. The van der Waals surface area contributed by atoms with Crippen molar-refractivity contribution in [2.24, 2.45) is 5.73 Å². The fraction of sp³-hybridized carbons (Fsp3) is 0.250. The standard InChI is InChI=1S/C12H12BrFN4O/c13-10-6-9(14)2-1-8(10)5-12(19)11-7-18(4-3-15)17-16-11/h1-2,6-7H,3-5,15H2. The number of carbonyl (C=O) groups excluding carboxylic acids is 1. The van der Waals surface area contributed by atoms with Crippen molar-refractivity contribution >= 4 is 21.7 Å². The van der Waals surface area contributed by atoms with E-state index in [1.54, 1.807) is 12.3 Å². The van der Waals surface area contributed by atoms with Crippen molar-refractivity contribution < 1.29 is 9.18 Å². The summed E-state index contributed by atoms with van der Waals surface area (Å²) < 4.78 is 15.0. The first kappa shape index (κ1) is 13.8. The quantitative estimate of drug-likeness (QED) is 0.846. The average molecular weight is 327 g/mol. The van der Waals surface area contributed by atoms with Gasteiger partial charge in [-0.15, -0.1) is 5.10 Å². The zero-order valence-electron chi connectivity index (χ0n) is 10.0. The number of ketones is 1. The molecule has 1 aromatic heterocycles. The van der Waals surface area contributed by atoms with Gasteiger partial charge in [-0.1, -0.05) is 27.2 Å². The van der Waals surface area contributed by atoms with E-state index in [2.05, 4.69) is 26.2 Å². The minimum atomic E-state index is -0.350. The Morgan fingerprint density at radius 2 is 2.26 bits per heavy atom. The lowest BCUT2D eigenvalue weighted by Gasteiger charge is -2.02. The number of hydrogen-bond acceptors (Lipinski definition) is 4. The van der Waals surface area contributed by atoms with Crippen LogP contribution < -0.4 is 5.73 Å². The maximum absolute atomic E-state index is 12.9. The van der Waals surface area contributed by atoms with Crippen molar-refractivity contribution in [3.8, 4) is 0 Å². The number of Topliss-reactive ketones (excluding diaryl/α,β-unsaturated/α-hetero) is 1. The Bertz CT molecular complexity index is 599. The van der Waals surface area contributed by atoms with Gasteiger partial charge in [0.25, 0.3) is 0 Å². The van der Waals surface area contributed by atoms with Gasteiger partial charge in [0.15, 0.2) is 5.78 Å². The van der Waals surface area contributed by atoms with Gasteiger partial charge in [0.05, 0.1) is 12.7 Å². The number of hydrogen-bond donors (Lipinski definition) is 1. The van der Waals surface area contributed by atoms with Crippen LogP contribution in [0.25, 0.3) is 0 Å². The molecular weight excluding hydrogens is 315 g/mol. The van der Waals surface area contributed by atoms with Crippen LogP contribution in [0.5, 0.6) is 0 Å². The second-order valence-corrected chi connectivity index (χ2v) is 4.85. The minimum absolute atomic E-state index is 0.141. The summed E-state index contributed by atoms with van der Waals surface area (Å²) in [7, 11) is 0. The monoisotopic (exact) mass is 326 g/mol. The van der Waals surface area contributed by atoms with Crippen LogP contribution in [0.1, 0.15) is 16.1 Å². The van der Waals surface area contributed by atoms with Crippen LogP contribution in [0, 0.1) is 5.82 Å². The molecular formula is C12H12BrFN4O. The molecule has 0 saturated heterocycles. The van der Waals surface area contributed by atoms with Gasteiger partial charge in [-0.3, -0.25) is 9.48 Å². The molecule has 5 nitrogen and oxygen atoms in total. The Hall–Kier alpha value is -1.60. The molecule has 0 aliphatic carbocycles. The third-order valence-corrected chi connectivity index (χ3v) is 3.29. The van der Waals surface area contributed by atoms with Crippen molar-refractivity contribution in [1.82, 2.24) is 15.0 Å². The predicted octanol–water partition coefficient (Wildman–Crippen LogP) is 1.56. The molecule has 1 aromatic carbocycles. The molecule has 0 fully saturated rings. The largest absolute Gasteiger partial charge is 0.329 e. The highest BCUT2D eigenvalue weighted by Gasteiger charge is 2.13. The number of carbonyl (C=O) groups is 1. The van der Waals surface area contributed by atoms with Crippen molar-refractivity contribution in [3.05, 3.63) is 45.9 Å². The van der Waals surface area contributed by atoms with E-state index >= 15 is 0 Å². The molecule has 0 spiro atoms. The lowest BCUT2D eigenvalue weighted by atomic mass is 10.1. The molecule has 100 valence electrons. The van der Waals surface area contributed by atoms with Gasteiger partial charge in [-0.25, -0.2) is 4.39 Å². The molecule has 0 saturated carbocycles. The molecule has 19 heavy (non-hydrogen) atoms. The molecule has 0 atom stereocenters. The van der Waals surface area contributed by atoms with Crippen molar-refractivity contribution in [3.63, 3.8) is 0 Å². The second-order valence-electron chi connectivity index (χ2n) is 3.99. The summed E-state index contributed by atoms with van der Waals surface area (Å²) in [6.07, 6.45) is 1.70. The number of aromatic nitrogens is 3. The molecule has 2 rings (SSSR count). The van der Waals surface area contributed by atoms with Crippen LogP contribution >= 0.6 is 15.9 Å². The fourth-order valence-corrected chi connectivity index (χ4v) is 2.09. The molecule has 7 heteroatoms. The Balaban J connectivity index is 2.11. The fourth-order valence-electron chi connectivity index (χ4n) is 1.60. The highest BCUT2D eigenvalue weighted by atomic mass is 79.9. The van der Waals surface area contributed by atoms with Crippen LogP contribution in [0.2, 0.25) is 0 Å². The third-order valence-electron chi connectivity index (χ3n) is 2.55. The average Bonchev–Trinajstić information content (AvgIpc) is 2.82. The highest BCUT2D eigenvalue weighted by molar-refractivity contribution is 9.10. The van der Waals surface area contributed by atoms with Gasteiger partial charge in [0.2, 0.25) is 0 Å². The normalized spacial score (nSPS) is 10.7. The number of benzene rings is 1. The summed E-state index contributed by atoms with van der Waals surface area (Å²) in [5.74, 6) is -0.521. The Labute approximate surface area is 117 Å².